The quantitative estimate of drug-likeness (QED) is 0.632. The molecule has 0 aliphatic carbocycles. The lowest BCUT2D eigenvalue weighted by atomic mass is 10.4. The van der Waals surface area contributed by atoms with Crippen molar-refractivity contribution in [1.29, 1.82) is 0 Å². The van der Waals surface area contributed by atoms with Crippen LogP contribution < -0.4 is 0 Å². The van der Waals surface area contributed by atoms with Gasteiger partial charge in [0.1, 0.15) is 0 Å². The summed E-state index contributed by atoms with van der Waals surface area (Å²) in [4.78, 5) is 10.3. The van der Waals surface area contributed by atoms with Gasteiger partial charge in [-0.3, -0.25) is 0 Å². The van der Waals surface area contributed by atoms with E-state index >= 15 is 0 Å². The molecule has 0 aliphatic rings. The fourth-order valence-corrected chi connectivity index (χ4v) is 1.85. The van der Waals surface area contributed by atoms with Crippen LogP contribution in [0.4, 0.5) is 0 Å². The molecule has 1 unspecified atom stereocenters. The second-order valence-electron chi connectivity index (χ2n) is 3.23. The van der Waals surface area contributed by atoms with Gasteiger partial charge in [0, 0.05) is 7.05 Å². The van der Waals surface area contributed by atoms with Crippen molar-refractivity contribution in [2.24, 2.45) is 0 Å². The molecule has 6 nitrogen and oxygen atoms in total. The van der Waals surface area contributed by atoms with Crippen molar-refractivity contribution in [2.45, 2.75) is 25.2 Å². The number of carboxylic acid groups (broad SMARTS) is 1. The number of carbonyl (C=O) groups is 1. The lowest BCUT2D eigenvalue weighted by Crippen LogP contribution is -2.40. The van der Waals surface area contributed by atoms with Crippen molar-refractivity contribution in [3.8, 4) is 0 Å². The highest BCUT2D eigenvalue weighted by Gasteiger charge is 2.26. The zero-order valence-electron chi connectivity index (χ0n) is 8.34. The number of nitrogens with zero attached hydrogens (tertiary/aromatic N) is 1. The number of likely N-dealkylation sites (N-methyl/N-ethyl adjacent to an activating group) is 1. The second-order valence-corrected chi connectivity index (χ2v) is 5.82. The standard InChI is InChI=1S/C7H15NO5S/c1-5(2)14(12,13)8(3)4-6(9)7(10)11/h5-6,9H,4H2,1-3H3,(H,10,11). The number of carboxylic acids is 1. The number of rotatable bonds is 5. The van der Waals surface area contributed by atoms with Crippen LogP contribution in [0.15, 0.2) is 0 Å². The van der Waals surface area contributed by atoms with E-state index < -0.39 is 33.9 Å². The number of hydrogen-bond acceptors (Lipinski definition) is 4. The van der Waals surface area contributed by atoms with Crippen molar-refractivity contribution in [3.63, 3.8) is 0 Å². The molecule has 0 spiro atoms. The first-order valence-corrected chi connectivity index (χ1v) is 5.56. The Morgan fingerprint density at radius 1 is 1.43 bits per heavy atom. The van der Waals surface area contributed by atoms with E-state index in [1.165, 1.54) is 20.9 Å². The predicted molar refractivity (Wildman–Crippen MR) is 50.3 cm³/mol. The molecule has 0 amide bonds. The minimum atomic E-state index is -3.50. The van der Waals surface area contributed by atoms with Gasteiger partial charge in [-0.25, -0.2) is 17.5 Å². The van der Waals surface area contributed by atoms with E-state index in [1.807, 2.05) is 0 Å². The molecule has 0 rings (SSSR count). The van der Waals surface area contributed by atoms with Crippen LogP contribution in [0.5, 0.6) is 0 Å². The molecule has 0 bridgehead atoms. The van der Waals surface area contributed by atoms with Crippen molar-refractivity contribution in [1.82, 2.24) is 4.31 Å². The van der Waals surface area contributed by atoms with E-state index in [-0.39, 0.29) is 0 Å². The SMILES string of the molecule is CC(C)S(=O)(=O)N(C)CC(O)C(=O)O. The molecule has 1 atom stereocenters. The fourth-order valence-electron chi connectivity index (χ4n) is 0.785. The lowest BCUT2D eigenvalue weighted by molar-refractivity contribution is -0.146. The average Bonchev–Trinajstić information content (AvgIpc) is 2.03. The Kier molecular flexibility index (Phi) is 4.50. The van der Waals surface area contributed by atoms with Gasteiger partial charge in [-0.2, -0.15) is 0 Å². The van der Waals surface area contributed by atoms with Gasteiger partial charge < -0.3 is 10.2 Å². The molecular formula is C7H15NO5S. The topological polar surface area (TPSA) is 94.9 Å². The number of hydrogen-bond donors (Lipinski definition) is 2. The molecule has 2 N–H and O–H groups in total. The third-order valence-electron chi connectivity index (χ3n) is 1.75. The molecule has 7 heteroatoms. The predicted octanol–water partition coefficient (Wildman–Crippen LogP) is -0.898. The van der Waals surface area contributed by atoms with E-state index in [4.69, 9.17) is 10.2 Å². The summed E-state index contributed by atoms with van der Waals surface area (Å²) in [7, 11) is -2.26. The number of aliphatic hydroxyl groups excluding tert-OH is 1. The molecular weight excluding hydrogens is 210 g/mol. The molecule has 0 aliphatic heterocycles. The van der Waals surface area contributed by atoms with Crippen LogP contribution in [0.25, 0.3) is 0 Å². The third-order valence-corrected chi connectivity index (χ3v) is 3.95. The zero-order valence-corrected chi connectivity index (χ0v) is 9.15. The van der Waals surface area contributed by atoms with E-state index in [0.29, 0.717) is 0 Å². The molecule has 84 valence electrons. The summed E-state index contributed by atoms with van der Waals surface area (Å²) in [6, 6.07) is 0. The van der Waals surface area contributed by atoms with Crippen molar-refractivity contribution in [2.75, 3.05) is 13.6 Å². The first-order chi connectivity index (χ1) is 6.19. The molecule has 0 fully saturated rings. The minimum absolute atomic E-state index is 0.435. The molecule has 0 aromatic carbocycles. The molecule has 0 heterocycles. The highest BCUT2D eigenvalue weighted by Crippen LogP contribution is 2.06. The molecule has 0 saturated carbocycles. The van der Waals surface area contributed by atoms with Crippen LogP contribution in [-0.4, -0.2) is 53.9 Å². The Hall–Kier alpha value is -0.660. The van der Waals surface area contributed by atoms with Crippen molar-refractivity contribution < 1.29 is 23.4 Å². The molecule has 0 aromatic heterocycles. The van der Waals surface area contributed by atoms with Crippen LogP contribution >= 0.6 is 0 Å². The number of aliphatic carboxylic acids is 1. The van der Waals surface area contributed by atoms with Crippen LogP contribution in [0.2, 0.25) is 0 Å². The summed E-state index contributed by atoms with van der Waals surface area (Å²) in [6.45, 7) is 2.54. The van der Waals surface area contributed by atoms with E-state index in [1.54, 1.807) is 0 Å². The fraction of sp³-hybridized carbons (Fsp3) is 0.857. The molecule has 0 aromatic rings. The summed E-state index contributed by atoms with van der Waals surface area (Å²) in [5.41, 5.74) is 0. The maximum Gasteiger partial charge on any atom is 0.333 e. The van der Waals surface area contributed by atoms with E-state index in [0.717, 1.165) is 4.31 Å². The molecule has 0 saturated heterocycles. The molecule has 14 heavy (non-hydrogen) atoms. The average molecular weight is 225 g/mol. The van der Waals surface area contributed by atoms with Crippen molar-refractivity contribution in [3.05, 3.63) is 0 Å². The van der Waals surface area contributed by atoms with Gasteiger partial charge in [0.15, 0.2) is 6.10 Å². The summed E-state index contributed by atoms with van der Waals surface area (Å²) in [6.07, 6.45) is -1.69. The van der Waals surface area contributed by atoms with Gasteiger partial charge in [-0.15, -0.1) is 0 Å². The summed E-state index contributed by atoms with van der Waals surface area (Å²) in [5.74, 6) is -1.43. The first kappa shape index (κ1) is 13.3. The van der Waals surface area contributed by atoms with Crippen LogP contribution in [0.3, 0.4) is 0 Å². The Bertz CT molecular complexity index is 297. The summed E-state index contributed by atoms with van der Waals surface area (Å²) in [5, 5.41) is 16.7. The Morgan fingerprint density at radius 2 is 1.86 bits per heavy atom. The maximum absolute atomic E-state index is 11.4. The summed E-state index contributed by atoms with van der Waals surface area (Å²) < 4.78 is 23.7. The Morgan fingerprint density at radius 3 is 2.14 bits per heavy atom. The smallest absolute Gasteiger partial charge is 0.333 e. The minimum Gasteiger partial charge on any atom is -0.479 e. The van der Waals surface area contributed by atoms with Gasteiger partial charge >= 0.3 is 5.97 Å². The lowest BCUT2D eigenvalue weighted by Gasteiger charge is -2.20. The van der Waals surface area contributed by atoms with Gasteiger partial charge in [-0.1, -0.05) is 0 Å². The summed E-state index contributed by atoms with van der Waals surface area (Å²) >= 11 is 0. The zero-order chi connectivity index (χ0) is 11.5. The number of aliphatic hydroxyl groups is 1. The second kappa shape index (κ2) is 4.72. The van der Waals surface area contributed by atoms with Gasteiger partial charge in [0.25, 0.3) is 0 Å². The van der Waals surface area contributed by atoms with Crippen LogP contribution in [0, 0.1) is 0 Å². The highest BCUT2D eigenvalue weighted by atomic mass is 32.2. The first-order valence-electron chi connectivity index (χ1n) is 4.05. The van der Waals surface area contributed by atoms with Gasteiger partial charge in [0.05, 0.1) is 11.8 Å². The van der Waals surface area contributed by atoms with Crippen LogP contribution in [0.1, 0.15) is 13.8 Å². The number of sulfonamides is 1. The Balaban J connectivity index is 4.51. The van der Waals surface area contributed by atoms with Crippen LogP contribution in [-0.2, 0) is 14.8 Å². The van der Waals surface area contributed by atoms with E-state index in [9.17, 15) is 13.2 Å². The van der Waals surface area contributed by atoms with Crippen molar-refractivity contribution >= 4 is 16.0 Å². The maximum atomic E-state index is 11.4. The normalized spacial score (nSPS) is 14.7. The van der Waals surface area contributed by atoms with Gasteiger partial charge in [0.2, 0.25) is 10.0 Å². The highest BCUT2D eigenvalue weighted by molar-refractivity contribution is 7.89. The third kappa shape index (κ3) is 3.24. The molecule has 0 radical (unpaired) electrons. The Labute approximate surface area is 83.2 Å². The van der Waals surface area contributed by atoms with Gasteiger partial charge in [-0.05, 0) is 13.8 Å². The largest absolute Gasteiger partial charge is 0.479 e. The van der Waals surface area contributed by atoms with E-state index in [2.05, 4.69) is 0 Å². The monoisotopic (exact) mass is 225 g/mol.